The molecule has 0 fully saturated rings. The summed E-state index contributed by atoms with van der Waals surface area (Å²) in [7, 11) is 1.64. The van der Waals surface area contributed by atoms with Gasteiger partial charge in [0.2, 0.25) is 5.91 Å². The van der Waals surface area contributed by atoms with Gasteiger partial charge in [-0.05, 0) is 19.9 Å². The van der Waals surface area contributed by atoms with Gasteiger partial charge < -0.3 is 20.7 Å². The lowest BCUT2D eigenvalue weighted by atomic mass is 10.2. The van der Waals surface area contributed by atoms with E-state index in [-0.39, 0.29) is 36.4 Å². The molecular weight excluding hydrogens is 395 g/mol. The molecule has 7 heteroatoms. The van der Waals surface area contributed by atoms with Crippen LogP contribution in [0.5, 0.6) is 5.75 Å². The number of guanidine groups is 1. The van der Waals surface area contributed by atoms with Crippen LogP contribution in [-0.2, 0) is 11.3 Å². The van der Waals surface area contributed by atoms with Crippen molar-refractivity contribution in [2.24, 2.45) is 4.99 Å². The number of ether oxygens (including phenoxy) is 1. The summed E-state index contributed by atoms with van der Waals surface area (Å²) in [4.78, 5) is 15.9. The number of hydrogen-bond acceptors (Lipinski definition) is 3. The molecule has 0 unspecified atom stereocenters. The molecule has 1 aromatic rings. The van der Waals surface area contributed by atoms with Crippen LogP contribution in [0.3, 0.4) is 0 Å². The Hall–Kier alpha value is -1.51. The van der Waals surface area contributed by atoms with Crippen molar-refractivity contribution >= 4 is 35.8 Å². The first-order chi connectivity index (χ1) is 10.2. The van der Waals surface area contributed by atoms with Gasteiger partial charge in [0, 0.05) is 18.7 Å². The Bertz CT molecular complexity index is 480. The molecule has 0 aliphatic carbocycles. The van der Waals surface area contributed by atoms with E-state index in [2.05, 4.69) is 20.9 Å². The first-order valence-corrected chi connectivity index (χ1v) is 7.12. The van der Waals surface area contributed by atoms with Crippen LogP contribution in [0.2, 0.25) is 0 Å². The fourth-order valence-corrected chi connectivity index (χ4v) is 1.76. The molecule has 1 rings (SSSR count). The highest BCUT2D eigenvalue weighted by atomic mass is 127. The summed E-state index contributed by atoms with van der Waals surface area (Å²) in [5.74, 6) is 1.36. The Kier molecular flexibility index (Phi) is 11.2. The summed E-state index contributed by atoms with van der Waals surface area (Å²) in [6.07, 6.45) is 0. The predicted molar refractivity (Wildman–Crippen MR) is 99.9 cm³/mol. The second-order valence-corrected chi connectivity index (χ2v) is 4.31. The number of aliphatic imine (C=N–C) groups is 1. The standard InChI is InChI=1S/C15H24N4O2.HI/c1-4-16-14(20)11-19-15(17-5-2)18-10-12-8-6-7-9-13(12)21-3;/h6-9H,4-5,10-11H2,1-3H3,(H,16,20)(H2,17,18,19);1H. The number of carbonyl (C=O) groups excluding carboxylic acids is 1. The van der Waals surface area contributed by atoms with E-state index in [0.717, 1.165) is 17.9 Å². The van der Waals surface area contributed by atoms with Crippen LogP contribution in [0.15, 0.2) is 29.3 Å². The molecule has 0 heterocycles. The molecule has 0 saturated heterocycles. The Morgan fingerprint density at radius 1 is 1.14 bits per heavy atom. The second kappa shape index (κ2) is 12.1. The van der Waals surface area contributed by atoms with Crippen molar-refractivity contribution in [3.8, 4) is 5.75 Å². The Morgan fingerprint density at radius 2 is 1.82 bits per heavy atom. The molecule has 0 spiro atoms. The number of nitrogens with one attached hydrogen (secondary N) is 3. The summed E-state index contributed by atoms with van der Waals surface area (Å²) in [6.45, 7) is 5.90. The number of amides is 1. The smallest absolute Gasteiger partial charge is 0.239 e. The molecule has 0 aromatic heterocycles. The number of benzene rings is 1. The first kappa shape index (κ1) is 20.5. The summed E-state index contributed by atoms with van der Waals surface area (Å²) >= 11 is 0. The van der Waals surface area contributed by atoms with Gasteiger partial charge in [-0.15, -0.1) is 24.0 Å². The number of hydrogen-bond donors (Lipinski definition) is 3. The first-order valence-electron chi connectivity index (χ1n) is 7.12. The number of halogens is 1. The van der Waals surface area contributed by atoms with Crippen LogP contribution in [0.1, 0.15) is 19.4 Å². The Balaban J connectivity index is 0.00000441. The maximum Gasteiger partial charge on any atom is 0.239 e. The normalized spacial score (nSPS) is 10.4. The summed E-state index contributed by atoms with van der Waals surface area (Å²) in [6, 6.07) is 7.74. The number of carbonyl (C=O) groups is 1. The highest BCUT2D eigenvalue weighted by Crippen LogP contribution is 2.17. The molecule has 0 bridgehead atoms. The molecular formula is C15H25IN4O2. The molecule has 0 saturated carbocycles. The van der Waals surface area contributed by atoms with E-state index in [0.29, 0.717) is 19.0 Å². The van der Waals surface area contributed by atoms with Crippen molar-refractivity contribution in [2.75, 3.05) is 26.7 Å². The third-order valence-corrected chi connectivity index (χ3v) is 2.73. The van der Waals surface area contributed by atoms with Crippen LogP contribution < -0.4 is 20.7 Å². The minimum absolute atomic E-state index is 0. The van der Waals surface area contributed by atoms with Crippen molar-refractivity contribution in [3.63, 3.8) is 0 Å². The van der Waals surface area contributed by atoms with Gasteiger partial charge in [0.05, 0.1) is 20.2 Å². The van der Waals surface area contributed by atoms with Crippen molar-refractivity contribution < 1.29 is 9.53 Å². The fourth-order valence-electron chi connectivity index (χ4n) is 1.76. The number of nitrogens with zero attached hydrogens (tertiary/aromatic N) is 1. The van der Waals surface area contributed by atoms with E-state index in [4.69, 9.17) is 4.74 Å². The molecule has 1 aromatic carbocycles. The van der Waals surface area contributed by atoms with Crippen molar-refractivity contribution in [1.29, 1.82) is 0 Å². The van der Waals surface area contributed by atoms with Gasteiger partial charge in [0.15, 0.2) is 5.96 Å². The summed E-state index contributed by atoms with van der Waals surface area (Å²) in [5.41, 5.74) is 0.996. The molecule has 0 atom stereocenters. The number of methoxy groups -OCH3 is 1. The number of likely N-dealkylation sites (N-methyl/N-ethyl adjacent to an activating group) is 1. The van der Waals surface area contributed by atoms with Gasteiger partial charge in [0.25, 0.3) is 0 Å². The third kappa shape index (κ3) is 7.48. The lowest BCUT2D eigenvalue weighted by molar-refractivity contribution is -0.119. The average Bonchev–Trinajstić information content (AvgIpc) is 2.50. The number of rotatable bonds is 7. The van der Waals surface area contributed by atoms with E-state index in [9.17, 15) is 4.79 Å². The zero-order chi connectivity index (χ0) is 15.5. The van der Waals surface area contributed by atoms with Crippen LogP contribution in [0, 0.1) is 0 Å². The quantitative estimate of drug-likeness (QED) is 0.355. The fraction of sp³-hybridized carbons (Fsp3) is 0.467. The lowest BCUT2D eigenvalue weighted by Crippen LogP contribution is -2.43. The van der Waals surface area contributed by atoms with Crippen LogP contribution in [0.25, 0.3) is 0 Å². The largest absolute Gasteiger partial charge is 0.496 e. The zero-order valence-corrected chi connectivity index (χ0v) is 15.6. The average molecular weight is 420 g/mol. The topological polar surface area (TPSA) is 74.8 Å². The van der Waals surface area contributed by atoms with Crippen LogP contribution in [-0.4, -0.2) is 38.6 Å². The van der Waals surface area contributed by atoms with Crippen LogP contribution in [0.4, 0.5) is 0 Å². The molecule has 0 aliphatic heterocycles. The molecule has 6 nitrogen and oxygen atoms in total. The van der Waals surface area contributed by atoms with Gasteiger partial charge in [-0.1, -0.05) is 18.2 Å². The lowest BCUT2D eigenvalue weighted by Gasteiger charge is -2.12. The zero-order valence-electron chi connectivity index (χ0n) is 13.3. The van der Waals surface area contributed by atoms with E-state index in [1.165, 1.54) is 0 Å². The molecule has 22 heavy (non-hydrogen) atoms. The molecule has 0 radical (unpaired) electrons. The minimum Gasteiger partial charge on any atom is -0.496 e. The van der Waals surface area contributed by atoms with E-state index in [1.54, 1.807) is 7.11 Å². The number of para-hydroxylation sites is 1. The van der Waals surface area contributed by atoms with E-state index < -0.39 is 0 Å². The molecule has 0 aliphatic rings. The van der Waals surface area contributed by atoms with Gasteiger partial charge >= 0.3 is 0 Å². The van der Waals surface area contributed by atoms with E-state index in [1.807, 2.05) is 38.1 Å². The third-order valence-electron chi connectivity index (χ3n) is 2.73. The maximum atomic E-state index is 11.5. The van der Waals surface area contributed by atoms with Crippen LogP contribution >= 0.6 is 24.0 Å². The molecule has 124 valence electrons. The monoisotopic (exact) mass is 420 g/mol. The van der Waals surface area contributed by atoms with E-state index >= 15 is 0 Å². The Morgan fingerprint density at radius 3 is 2.45 bits per heavy atom. The van der Waals surface area contributed by atoms with Gasteiger partial charge in [-0.3, -0.25) is 4.79 Å². The van der Waals surface area contributed by atoms with Crippen molar-refractivity contribution in [1.82, 2.24) is 16.0 Å². The second-order valence-electron chi connectivity index (χ2n) is 4.31. The highest BCUT2D eigenvalue weighted by molar-refractivity contribution is 14.0. The van der Waals surface area contributed by atoms with Crippen molar-refractivity contribution in [2.45, 2.75) is 20.4 Å². The summed E-state index contributed by atoms with van der Waals surface area (Å²) < 4.78 is 5.29. The molecule has 1 amide bonds. The molecule has 3 N–H and O–H groups in total. The van der Waals surface area contributed by atoms with Gasteiger partial charge in [-0.25, -0.2) is 4.99 Å². The summed E-state index contributed by atoms with van der Waals surface area (Å²) in [5, 5.41) is 8.84. The predicted octanol–water partition coefficient (Wildman–Crippen LogP) is 1.50. The highest BCUT2D eigenvalue weighted by Gasteiger charge is 2.04. The maximum absolute atomic E-state index is 11.5. The minimum atomic E-state index is -0.0552. The SMILES string of the molecule is CCNC(=O)CNC(=NCc1ccccc1OC)NCC.I. The van der Waals surface area contributed by atoms with Gasteiger partial charge in [0.1, 0.15) is 5.75 Å². The Labute approximate surface area is 149 Å². The van der Waals surface area contributed by atoms with Gasteiger partial charge in [-0.2, -0.15) is 0 Å². The van der Waals surface area contributed by atoms with Crippen molar-refractivity contribution in [3.05, 3.63) is 29.8 Å².